The van der Waals surface area contributed by atoms with Crippen molar-refractivity contribution < 1.29 is 9.13 Å². The van der Waals surface area contributed by atoms with Crippen LogP contribution in [-0.2, 0) is 6.54 Å². The molecule has 0 amide bonds. The monoisotopic (exact) mass is 272 g/mol. The third-order valence-electron chi connectivity index (χ3n) is 3.25. The SMILES string of the molecule is COc1c(C)cc(F)c(Cl)c1CN1CCNCC1. The van der Waals surface area contributed by atoms with Gasteiger partial charge in [-0.2, -0.15) is 0 Å². The van der Waals surface area contributed by atoms with E-state index in [0.29, 0.717) is 12.3 Å². The maximum absolute atomic E-state index is 13.7. The minimum atomic E-state index is -0.375. The first-order chi connectivity index (χ1) is 8.63. The first kappa shape index (κ1) is 13.6. The Hall–Kier alpha value is -0.840. The number of rotatable bonds is 3. The summed E-state index contributed by atoms with van der Waals surface area (Å²) in [5.41, 5.74) is 1.53. The molecular weight excluding hydrogens is 255 g/mol. The van der Waals surface area contributed by atoms with Crippen LogP contribution in [0, 0.1) is 12.7 Å². The molecule has 100 valence electrons. The summed E-state index contributed by atoms with van der Waals surface area (Å²) in [7, 11) is 1.60. The molecule has 0 bridgehead atoms. The van der Waals surface area contributed by atoms with E-state index in [1.807, 2.05) is 6.92 Å². The van der Waals surface area contributed by atoms with Crippen LogP contribution in [0.25, 0.3) is 0 Å². The summed E-state index contributed by atoms with van der Waals surface area (Å²) in [6.45, 7) is 6.24. The zero-order valence-electron chi connectivity index (χ0n) is 10.7. The maximum atomic E-state index is 13.7. The zero-order chi connectivity index (χ0) is 13.1. The third kappa shape index (κ3) is 2.76. The van der Waals surface area contributed by atoms with Crippen molar-refractivity contribution in [2.45, 2.75) is 13.5 Å². The Morgan fingerprint density at radius 2 is 2.11 bits per heavy atom. The van der Waals surface area contributed by atoms with E-state index in [1.54, 1.807) is 7.11 Å². The van der Waals surface area contributed by atoms with Crippen LogP contribution >= 0.6 is 11.6 Å². The van der Waals surface area contributed by atoms with E-state index < -0.39 is 0 Å². The average molecular weight is 273 g/mol. The number of methoxy groups -OCH3 is 1. The van der Waals surface area contributed by atoms with Crippen LogP contribution in [0.3, 0.4) is 0 Å². The van der Waals surface area contributed by atoms with E-state index in [9.17, 15) is 4.39 Å². The number of hydrogen-bond donors (Lipinski definition) is 1. The molecule has 0 spiro atoms. The Morgan fingerprint density at radius 1 is 1.44 bits per heavy atom. The summed E-state index contributed by atoms with van der Waals surface area (Å²) < 4.78 is 19.1. The van der Waals surface area contributed by atoms with E-state index in [2.05, 4.69) is 10.2 Å². The fraction of sp³-hybridized carbons (Fsp3) is 0.538. The zero-order valence-corrected chi connectivity index (χ0v) is 11.5. The van der Waals surface area contributed by atoms with Gasteiger partial charge in [0.15, 0.2) is 0 Å². The predicted octanol–water partition coefficient (Wildman–Crippen LogP) is 2.20. The third-order valence-corrected chi connectivity index (χ3v) is 3.65. The molecule has 1 aromatic rings. The number of ether oxygens (including phenoxy) is 1. The summed E-state index contributed by atoms with van der Waals surface area (Å²) in [4.78, 5) is 2.25. The largest absolute Gasteiger partial charge is 0.496 e. The van der Waals surface area contributed by atoms with Crippen molar-refractivity contribution in [1.29, 1.82) is 0 Å². The second kappa shape index (κ2) is 5.87. The van der Waals surface area contributed by atoms with Gasteiger partial charge in [0.05, 0.1) is 12.1 Å². The first-order valence-electron chi connectivity index (χ1n) is 6.08. The molecule has 1 N–H and O–H groups in total. The van der Waals surface area contributed by atoms with Gasteiger partial charge in [0.1, 0.15) is 11.6 Å². The summed E-state index contributed by atoms with van der Waals surface area (Å²) in [5.74, 6) is 0.319. The highest BCUT2D eigenvalue weighted by Gasteiger charge is 2.19. The highest BCUT2D eigenvalue weighted by molar-refractivity contribution is 6.31. The molecule has 1 saturated heterocycles. The molecule has 0 saturated carbocycles. The molecular formula is C13H18ClFN2O. The second-order valence-electron chi connectivity index (χ2n) is 4.53. The number of piperazine rings is 1. The minimum absolute atomic E-state index is 0.177. The Bertz CT molecular complexity index is 433. The maximum Gasteiger partial charge on any atom is 0.142 e. The van der Waals surface area contributed by atoms with Gasteiger partial charge >= 0.3 is 0 Å². The molecule has 0 unspecified atom stereocenters. The van der Waals surface area contributed by atoms with Crippen molar-refractivity contribution in [3.63, 3.8) is 0 Å². The van der Waals surface area contributed by atoms with Gasteiger partial charge in [0, 0.05) is 38.3 Å². The summed E-state index contributed by atoms with van der Waals surface area (Å²) in [5, 5.41) is 3.46. The second-order valence-corrected chi connectivity index (χ2v) is 4.91. The lowest BCUT2D eigenvalue weighted by Crippen LogP contribution is -2.43. The number of aryl methyl sites for hydroxylation is 1. The molecule has 0 radical (unpaired) electrons. The summed E-state index contributed by atoms with van der Waals surface area (Å²) in [6, 6.07) is 1.42. The van der Waals surface area contributed by atoms with E-state index in [-0.39, 0.29) is 10.8 Å². The highest BCUT2D eigenvalue weighted by atomic mass is 35.5. The Balaban J connectivity index is 2.29. The molecule has 2 rings (SSSR count). The molecule has 0 aromatic heterocycles. The van der Waals surface area contributed by atoms with Crippen LogP contribution in [-0.4, -0.2) is 38.2 Å². The smallest absolute Gasteiger partial charge is 0.142 e. The normalized spacial score (nSPS) is 16.9. The van der Waals surface area contributed by atoms with E-state index in [4.69, 9.17) is 16.3 Å². The van der Waals surface area contributed by atoms with Gasteiger partial charge in [-0.3, -0.25) is 4.90 Å². The number of nitrogens with zero attached hydrogens (tertiary/aromatic N) is 1. The molecule has 0 aliphatic carbocycles. The van der Waals surface area contributed by atoms with Gasteiger partial charge in [-0.25, -0.2) is 4.39 Å². The molecule has 1 fully saturated rings. The summed E-state index contributed by atoms with van der Waals surface area (Å²) >= 11 is 6.07. The number of nitrogens with one attached hydrogen (secondary N) is 1. The molecule has 18 heavy (non-hydrogen) atoms. The van der Waals surface area contributed by atoms with Crippen LogP contribution in [0.5, 0.6) is 5.75 Å². The number of benzene rings is 1. The molecule has 0 atom stereocenters. The molecule has 3 nitrogen and oxygen atoms in total. The van der Waals surface area contributed by atoms with Crippen LogP contribution in [0.15, 0.2) is 6.07 Å². The first-order valence-corrected chi connectivity index (χ1v) is 6.45. The van der Waals surface area contributed by atoms with Gasteiger partial charge in [-0.15, -0.1) is 0 Å². The summed E-state index contributed by atoms with van der Waals surface area (Å²) in [6.07, 6.45) is 0. The number of halogens is 2. The molecule has 1 aliphatic heterocycles. The standard InChI is InChI=1S/C13H18ClFN2O/c1-9-7-11(15)12(14)10(13(9)18-2)8-17-5-3-16-4-6-17/h7,16H,3-6,8H2,1-2H3. The molecule has 1 heterocycles. The lowest BCUT2D eigenvalue weighted by atomic mass is 10.1. The lowest BCUT2D eigenvalue weighted by molar-refractivity contribution is 0.229. The van der Waals surface area contributed by atoms with Crippen molar-refractivity contribution in [3.8, 4) is 5.75 Å². The number of hydrogen-bond acceptors (Lipinski definition) is 3. The van der Waals surface area contributed by atoms with Crippen molar-refractivity contribution >= 4 is 11.6 Å². The van der Waals surface area contributed by atoms with Crippen LogP contribution in [0.1, 0.15) is 11.1 Å². The average Bonchev–Trinajstić information content (AvgIpc) is 2.37. The lowest BCUT2D eigenvalue weighted by Gasteiger charge is -2.28. The van der Waals surface area contributed by atoms with Gasteiger partial charge < -0.3 is 10.1 Å². The van der Waals surface area contributed by atoms with Crippen LogP contribution < -0.4 is 10.1 Å². The van der Waals surface area contributed by atoms with Crippen LogP contribution in [0.2, 0.25) is 5.02 Å². The molecule has 1 aliphatic rings. The van der Waals surface area contributed by atoms with E-state index in [0.717, 1.165) is 37.3 Å². The van der Waals surface area contributed by atoms with Crippen molar-refractivity contribution in [1.82, 2.24) is 10.2 Å². The fourth-order valence-electron chi connectivity index (χ4n) is 2.32. The van der Waals surface area contributed by atoms with Gasteiger partial charge in [0.2, 0.25) is 0 Å². The Kier molecular flexibility index (Phi) is 4.43. The van der Waals surface area contributed by atoms with Crippen molar-refractivity contribution in [2.75, 3.05) is 33.3 Å². The van der Waals surface area contributed by atoms with Crippen molar-refractivity contribution in [3.05, 3.63) is 28.0 Å². The fourth-order valence-corrected chi connectivity index (χ4v) is 2.52. The topological polar surface area (TPSA) is 24.5 Å². The molecule has 1 aromatic carbocycles. The van der Waals surface area contributed by atoms with Gasteiger partial charge in [-0.1, -0.05) is 11.6 Å². The van der Waals surface area contributed by atoms with Crippen molar-refractivity contribution in [2.24, 2.45) is 0 Å². The van der Waals surface area contributed by atoms with E-state index >= 15 is 0 Å². The van der Waals surface area contributed by atoms with Gasteiger partial charge in [0.25, 0.3) is 0 Å². The quantitative estimate of drug-likeness (QED) is 0.913. The highest BCUT2D eigenvalue weighted by Crippen LogP contribution is 2.33. The van der Waals surface area contributed by atoms with Crippen LogP contribution in [0.4, 0.5) is 4.39 Å². The van der Waals surface area contributed by atoms with Gasteiger partial charge in [-0.05, 0) is 18.6 Å². The Labute approximate surface area is 112 Å². The molecule has 5 heteroatoms. The predicted molar refractivity (Wildman–Crippen MR) is 70.8 cm³/mol. The Morgan fingerprint density at radius 3 is 2.72 bits per heavy atom. The minimum Gasteiger partial charge on any atom is -0.496 e. The van der Waals surface area contributed by atoms with E-state index in [1.165, 1.54) is 6.07 Å².